The Labute approximate surface area is 205 Å². The van der Waals surface area contributed by atoms with Crippen LogP contribution in [0.1, 0.15) is 30.5 Å². The van der Waals surface area contributed by atoms with Crippen LogP contribution in [0, 0.1) is 12.7 Å². The molecule has 36 heavy (non-hydrogen) atoms. The van der Waals surface area contributed by atoms with Crippen LogP contribution in [0.3, 0.4) is 0 Å². The molecule has 0 unspecified atom stereocenters. The van der Waals surface area contributed by atoms with Crippen LogP contribution >= 0.6 is 0 Å². The van der Waals surface area contributed by atoms with Crippen molar-refractivity contribution < 1.29 is 22.8 Å². The average Bonchev–Trinajstić information content (AvgIpc) is 3.39. The zero-order chi connectivity index (χ0) is 25.6. The molecule has 0 saturated carbocycles. The van der Waals surface area contributed by atoms with E-state index in [1.165, 1.54) is 12.1 Å². The zero-order valence-corrected chi connectivity index (χ0v) is 19.6. The van der Waals surface area contributed by atoms with E-state index < -0.39 is 23.9 Å². The molecule has 0 radical (unpaired) electrons. The molecule has 1 saturated heterocycles. The molecule has 1 aromatic heterocycles. The van der Waals surface area contributed by atoms with Crippen LogP contribution in [-0.2, 0) is 9.59 Å². The number of hydrogen-bond donors (Lipinski definition) is 1. The topological polar surface area (TPSA) is 67.2 Å². The third kappa shape index (κ3) is 4.21. The summed E-state index contributed by atoms with van der Waals surface area (Å²) < 4.78 is 42.4. The number of carbonyl (C=O) groups excluding carboxylic acids is 2. The minimum atomic E-state index is -3.57. The summed E-state index contributed by atoms with van der Waals surface area (Å²) in [7, 11) is 0. The summed E-state index contributed by atoms with van der Waals surface area (Å²) in [5, 5.41) is 7.54. The molecule has 0 aliphatic carbocycles. The predicted molar refractivity (Wildman–Crippen MR) is 130 cm³/mol. The van der Waals surface area contributed by atoms with E-state index in [1.54, 1.807) is 46.1 Å². The van der Waals surface area contributed by atoms with E-state index >= 15 is 0 Å². The fourth-order valence-corrected chi connectivity index (χ4v) is 4.70. The Kier molecular flexibility index (Phi) is 5.78. The highest BCUT2D eigenvalue weighted by Gasteiger charge is 2.45. The summed E-state index contributed by atoms with van der Waals surface area (Å²) in [5.41, 5.74) is 3.61. The molecule has 1 aliphatic heterocycles. The van der Waals surface area contributed by atoms with Crippen LogP contribution in [0.2, 0.25) is 0 Å². The Hall–Kier alpha value is -4.14. The van der Waals surface area contributed by atoms with Gasteiger partial charge in [0.15, 0.2) is 0 Å². The van der Waals surface area contributed by atoms with Crippen molar-refractivity contribution in [1.82, 2.24) is 15.1 Å². The highest BCUT2D eigenvalue weighted by Crippen LogP contribution is 2.40. The summed E-state index contributed by atoms with van der Waals surface area (Å²) in [6.07, 6.45) is 1.52. The van der Waals surface area contributed by atoms with Gasteiger partial charge in [-0.15, -0.1) is 0 Å². The summed E-state index contributed by atoms with van der Waals surface area (Å²) in [6, 6.07) is 17.1. The minimum Gasteiger partial charge on any atom is -0.345 e. The van der Waals surface area contributed by atoms with E-state index in [2.05, 4.69) is 10.4 Å². The number of aromatic nitrogens is 2. The van der Waals surface area contributed by atoms with Gasteiger partial charge < -0.3 is 10.2 Å². The fraction of sp³-hybridized carbons (Fsp3) is 0.222. The van der Waals surface area contributed by atoms with Crippen LogP contribution in [0.15, 0.2) is 72.9 Å². The first kappa shape index (κ1) is 23.6. The number of rotatable bonds is 5. The van der Waals surface area contributed by atoms with Gasteiger partial charge in [0, 0.05) is 24.4 Å². The molecule has 1 aliphatic rings. The number of benzene rings is 3. The van der Waals surface area contributed by atoms with E-state index in [-0.39, 0.29) is 18.1 Å². The Morgan fingerprint density at radius 2 is 1.75 bits per heavy atom. The monoisotopic (exact) mass is 492 g/mol. The molecule has 5 rings (SSSR count). The molecule has 2 amide bonds. The van der Waals surface area contributed by atoms with Crippen LogP contribution in [0.5, 0.6) is 0 Å². The smallest absolute Gasteiger partial charge is 0.321 e. The number of hydrogen-bond acceptors (Lipinski definition) is 3. The Morgan fingerprint density at radius 1 is 1.06 bits per heavy atom. The molecule has 2 heterocycles. The van der Waals surface area contributed by atoms with Crippen LogP contribution in [0.4, 0.5) is 18.9 Å². The van der Waals surface area contributed by atoms with Crippen molar-refractivity contribution in [3.05, 3.63) is 89.9 Å². The maximum absolute atomic E-state index is 13.7. The lowest BCUT2D eigenvalue weighted by Gasteiger charge is -2.30. The normalized spacial score (nSPS) is 18.1. The molecule has 2 atom stereocenters. The van der Waals surface area contributed by atoms with Gasteiger partial charge in [-0.25, -0.2) is 9.07 Å². The molecule has 1 N–H and O–H groups in total. The number of nitrogens with zero attached hydrogens (tertiary/aromatic N) is 3. The number of fused-ring (bicyclic) bond motifs is 1. The number of amides is 2. The van der Waals surface area contributed by atoms with Gasteiger partial charge in [0.25, 0.3) is 5.91 Å². The highest BCUT2D eigenvalue weighted by atomic mass is 19.3. The number of nitrogens with one attached hydrogen (secondary N) is 1. The molecule has 3 aromatic carbocycles. The molecular formula is C27H23F3N4O2. The van der Waals surface area contributed by atoms with Gasteiger partial charge in [0.05, 0.1) is 29.5 Å². The Balaban J connectivity index is 1.56. The van der Waals surface area contributed by atoms with E-state index in [0.29, 0.717) is 18.3 Å². The lowest BCUT2D eigenvalue weighted by Crippen LogP contribution is -2.46. The second-order valence-corrected chi connectivity index (χ2v) is 9.01. The summed E-state index contributed by atoms with van der Waals surface area (Å²) >= 11 is 0. The average molecular weight is 493 g/mol. The summed E-state index contributed by atoms with van der Waals surface area (Å²) in [4.78, 5) is 26.9. The van der Waals surface area contributed by atoms with Crippen LogP contribution < -0.4 is 10.2 Å². The number of carbonyl (C=O) groups is 2. The Bertz CT molecular complexity index is 1460. The van der Waals surface area contributed by atoms with Crippen molar-refractivity contribution in [2.24, 2.45) is 0 Å². The maximum atomic E-state index is 13.7. The van der Waals surface area contributed by atoms with Crippen molar-refractivity contribution in [3.8, 4) is 5.69 Å². The van der Waals surface area contributed by atoms with Gasteiger partial charge in [-0.2, -0.15) is 13.9 Å². The highest BCUT2D eigenvalue weighted by molar-refractivity contribution is 6.00. The molecule has 4 aromatic rings. The summed E-state index contributed by atoms with van der Waals surface area (Å²) in [5.74, 6) is -5.63. The molecular weight excluding hydrogens is 469 g/mol. The number of halogens is 3. The standard InChI is InChI=1S/C27H23F3N4O2/c1-16-5-3-4-6-21(16)25-22(32-26(36)27(2,29)30)14-24(35)33(25)20-11-12-23-17(13-20)15-31-34(23)19-9-7-18(28)8-10-19/h3-13,15,22,25H,14H2,1-2H3,(H,32,36)/t22-,25+/m0/s1. The summed E-state index contributed by atoms with van der Waals surface area (Å²) in [6.45, 7) is 2.41. The van der Waals surface area contributed by atoms with Gasteiger partial charge >= 0.3 is 5.92 Å². The first-order valence-electron chi connectivity index (χ1n) is 11.4. The first-order valence-corrected chi connectivity index (χ1v) is 11.4. The van der Waals surface area contributed by atoms with Crippen LogP contribution in [-0.4, -0.2) is 33.6 Å². The van der Waals surface area contributed by atoms with Gasteiger partial charge in [-0.3, -0.25) is 9.59 Å². The second-order valence-electron chi connectivity index (χ2n) is 9.01. The minimum absolute atomic E-state index is 0.117. The molecule has 1 fully saturated rings. The number of aryl methyl sites for hydroxylation is 1. The van der Waals surface area contributed by atoms with Crippen molar-refractivity contribution in [2.75, 3.05) is 4.90 Å². The first-order chi connectivity index (χ1) is 17.1. The van der Waals surface area contributed by atoms with E-state index in [0.717, 1.165) is 22.0 Å². The lowest BCUT2D eigenvalue weighted by atomic mass is 9.95. The van der Waals surface area contributed by atoms with Crippen molar-refractivity contribution in [3.63, 3.8) is 0 Å². The molecule has 6 nitrogen and oxygen atoms in total. The number of anilines is 1. The molecule has 0 bridgehead atoms. The molecule has 9 heteroatoms. The Morgan fingerprint density at radius 3 is 2.44 bits per heavy atom. The van der Waals surface area contributed by atoms with Crippen LogP contribution in [0.25, 0.3) is 16.6 Å². The largest absolute Gasteiger partial charge is 0.345 e. The SMILES string of the molecule is Cc1ccccc1[C@@H]1[C@@H](NC(=O)C(C)(F)F)CC(=O)N1c1ccc2c(cnn2-c2ccc(F)cc2)c1. The van der Waals surface area contributed by atoms with Crippen molar-refractivity contribution >= 4 is 28.4 Å². The van der Waals surface area contributed by atoms with Crippen molar-refractivity contribution in [2.45, 2.75) is 38.3 Å². The van der Waals surface area contributed by atoms with Gasteiger partial charge in [-0.05, 0) is 60.5 Å². The number of alkyl halides is 2. The quantitative estimate of drug-likeness (QED) is 0.422. The van der Waals surface area contributed by atoms with E-state index in [4.69, 9.17) is 0 Å². The second kappa shape index (κ2) is 8.82. The lowest BCUT2D eigenvalue weighted by molar-refractivity contribution is -0.143. The molecule has 0 spiro atoms. The third-order valence-electron chi connectivity index (χ3n) is 6.45. The van der Waals surface area contributed by atoms with Gasteiger partial charge in [0.2, 0.25) is 5.91 Å². The van der Waals surface area contributed by atoms with E-state index in [9.17, 15) is 22.8 Å². The molecule has 184 valence electrons. The van der Waals surface area contributed by atoms with Crippen molar-refractivity contribution in [1.29, 1.82) is 0 Å². The fourth-order valence-electron chi connectivity index (χ4n) is 4.70. The van der Waals surface area contributed by atoms with E-state index in [1.807, 2.05) is 31.2 Å². The predicted octanol–water partition coefficient (Wildman–Crippen LogP) is 5.09. The third-order valence-corrected chi connectivity index (χ3v) is 6.45. The van der Waals surface area contributed by atoms with Gasteiger partial charge in [-0.1, -0.05) is 24.3 Å². The maximum Gasteiger partial charge on any atom is 0.321 e. The van der Waals surface area contributed by atoms with Gasteiger partial charge in [0.1, 0.15) is 5.82 Å². The zero-order valence-electron chi connectivity index (χ0n) is 19.6.